The average Bonchev–Trinajstić information content (AvgIpc) is 2.27. The van der Waals surface area contributed by atoms with Crippen molar-refractivity contribution in [2.45, 2.75) is 46.1 Å². The van der Waals surface area contributed by atoms with E-state index in [0.29, 0.717) is 13.0 Å². The molecule has 0 aliphatic heterocycles. The minimum atomic E-state index is -0.765. The van der Waals surface area contributed by atoms with E-state index >= 15 is 0 Å². The predicted molar refractivity (Wildman–Crippen MR) is 66.5 cm³/mol. The smallest absolute Gasteiger partial charge is 0.306 e. The van der Waals surface area contributed by atoms with Crippen LogP contribution in [0.15, 0.2) is 0 Å². The zero-order valence-corrected chi connectivity index (χ0v) is 10.9. The van der Waals surface area contributed by atoms with Gasteiger partial charge in [0.1, 0.15) is 0 Å². The summed E-state index contributed by atoms with van der Waals surface area (Å²) in [6.45, 7) is 5.75. The predicted octanol–water partition coefficient (Wildman–Crippen LogP) is 0.977. The second-order valence-electron chi connectivity index (χ2n) is 4.72. The fraction of sp³-hybridized carbons (Fsp3) is 0.833. The van der Waals surface area contributed by atoms with Gasteiger partial charge in [-0.2, -0.15) is 0 Å². The molecule has 0 aromatic carbocycles. The van der Waals surface area contributed by atoms with E-state index in [1.165, 1.54) is 0 Å². The highest BCUT2D eigenvalue weighted by Crippen LogP contribution is 2.09. The van der Waals surface area contributed by atoms with Crippen LogP contribution in [-0.4, -0.2) is 29.6 Å². The Labute approximate surface area is 103 Å². The second-order valence-corrected chi connectivity index (χ2v) is 4.72. The van der Waals surface area contributed by atoms with Crippen molar-refractivity contribution in [2.24, 2.45) is 17.6 Å². The van der Waals surface area contributed by atoms with Gasteiger partial charge in [-0.1, -0.05) is 20.3 Å². The minimum absolute atomic E-state index is 0.0358. The van der Waals surface area contributed by atoms with Gasteiger partial charge in [-0.3, -0.25) is 9.59 Å². The Morgan fingerprint density at radius 3 is 2.24 bits per heavy atom. The average molecular weight is 244 g/mol. The number of aliphatic carboxylic acids is 1. The van der Waals surface area contributed by atoms with Gasteiger partial charge in [0.15, 0.2) is 0 Å². The highest BCUT2D eigenvalue weighted by molar-refractivity contribution is 5.78. The summed E-state index contributed by atoms with van der Waals surface area (Å²) >= 11 is 0. The van der Waals surface area contributed by atoms with Crippen LogP contribution in [0.25, 0.3) is 0 Å². The molecule has 0 saturated carbocycles. The van der Waals surface area contributed by atoms with Gasteiger partial charge in [-0.05, 0) is 19.8 Å². The molecule has 0 aromatic heterocycles. The van der Waals surface area contributed by atoms with Gasteiger partial charge >= 0.3 is 5.97 Å². The van der Waals surface area contributed by atoms with Crippen molar-refractivity contribution in [3.63, 3.8) is 0 Å². The molecular formula is C12H24N2O3. The molecule has 0 bridgehead atoms. The summed E-state index contributed by atoms with van der Waals surface area (Å²) in [5, 5.41) is 11.6. The number of hydrogen-bond donors (Lipinski definition) is 3. The number of nitrogens with one attached hydrogen (secondary N) is 1. The Bertz CT molecular complexity index is 256. The Morgan fingerprint density at radius 1 is 1.18 bits per heavy atom. The molecule has 0 radical (unpaired) electrons. The molecule has 17 heavy (non-hydrogen) atoms. The van der Waals surface area contributed by atoms with Gasteiger partial charge in [0.2, 0.25) is 5.91 Å². The van der Waals surface area contributed by atoms with Crippen molar-refractivity contribution in [3.05, 3.63) is 0 Å². The normalized spacial score (nSPS) is 16.0. The van der Waals surface area contributed by atoms with E-state index in [-0.39, 0.29) is 23.8 Å². The third kappa shape index (κ3) is 6.94. The molecule has 5 nitrogen and oxygen atoms in total. The number of carbonyl (C=O) groups excluding carboxylic acids is 1. The van der Waals surface area contributed by atoms with Crippen molar-refractivity contribution < 1.29 is 14.7 Å². The Morgan fingerprint density at radius 2 is 1.76 bits per heavy atom. The SMILES string of the molecule is CC(CCCC(C)C(=O)O)NC(=O)C(C)CN. The lowest BCUT2D eigenvalue weighted by molar-refractivity contribution is -0.141. The molecule has 0 heterocycles. The van der Waals surface area contributed by atoms with Crippen LogP contribution in [0.4, 0.5) is 0 Å². The number of amides is 1. The Kier molecular flexibility index (Phi) is 7.54. The van der Waals surface area contributed by atoms with E-state index in [1.807, 2.05) is 6.92 Å². The fourth-order valence-electron chi connectivity index (χ4n) is 1.42. The first kappa shape index (κ1) is 15.9. The Balaban J connectivity index is 3.76. The van der Waals surface area contributed by atoms with E-state index in [0.717, 1.165) is 12.8 Å². The second kappa shape index (κ2) is 8.06. The number of nitrogens with two attached hydrogens (primary N) is 1. The first-order valence-corrected chi connectivity index (χ1v) is 6.11. The molecule has 0 rings (SSSR count). The van der Waals surface area contributed by atoms with Crippen LogP contribution in [0.5, 0.6) is 0 Å². The number of carboxylic acids is 1. The molecule has 0 fully saturated rings. The van der Waals surface area contributed by atoms with Crippen molar-refractivity contribution in [1.29, 1.82) is 0 Å². The molecule has 0 aromatic rings. The molecule has 0 saturated heterocycles. The minimum Gasteiger partial charge on any atom is -0.481 e. The molecule has 1 amide bonds. The van der Waals surface area contributed by atoms with Gasteiger partial charge in [0, 0.05) is 18.5 Å². The lowest BCUT2D eigenvalue weighted by Gasteiger charge is -2.17. The third-order valence-electron chi connectivity index (χ3n) is 2.89. The summed E-state index contributed by atoms with van der Waals surface area (Å²) in [7, 11) is 0. The van der Waals surface area contributed by atoms with Crippen LogP contribution in [0, 0.1) is 11.8 Å². The van der Waals surface area contributed by atoms with E-state index in [2.05, 4.69) is 5.32 Å². The first-order valence-electron chi connectivity index (χ1n) is 6.11. The molecule has 3 unspecified atom stereocenters. The van der Waals surface area contributed by atoms with E-state index in [1.54, 1.807) is 13.8 Å². The van der Waals surface area contributed by atoms with E-state index in [9.17, 15) is 9.59 Å². The van der Waals surface area contributed by atoms with Crippen molar-refractivity contribution in [2.75, 3.05) is 6.54 Å². The number of carboxylic acid groups (broad SMARTS) is 1. The van der Waals surface area contributed by atoms with Crippen molar-refractivity contribution in [3.8, 4) is 0 Å². The quantitative estimate of drug-likeness (QED) is 0.593. The summed E-state index contributed by atoms with van der Waals surface area (Å²) < 4.78 is 0. The highest BCUT2D eigenvalue weighted by Gasteiger charge is 2.15. The highest BCUT2D eigenvalue weighted by atomic mass is 16.4. The maximum absolute atomic E-state index is 11.5. The number of carbonyl (C=O) groups is 2. The van der Waals surface area contributed by atoms with Gasteiger partial charge in [-0.25, -0.2) is 0 Å². The molecule has 0 spiro atoms. The zero-order valence-electron chi connectivity index (χ0n) is 10.9. The lowest BCUT2D eigenvalue weighted by atomic mass is 10.0. The third-order valence-corrected chi connectivity index (χ3v) is 2.89. The van der Waals surface area contributed by atoms with Gasteiger partial charge in [0.05, 0.1) is 5.92 Å². The molecule has 5 heteroatoms. The monoisotopic (exact) mass is 244 g/mol. The van der Waals surface area contributed by atoms with E-state index in [4.69, 9.17) is 10.8 Å². The van der Waals surface area contributed by atoms with Crippen LogP contribution in [0.1, 0.15) is 40.0 Å². The van der Waals surface area contributed by atoms with Crippen LogP contribution in [0.2, 0.25) is 0 Å². The lowest BCUT2D eigenvalue weighted by Crippen LogP contribution is -2.38. The van der Waals surface area contributed by atoms with Crippen LogP contribution in [-0.2, 0) is 9.59 Å². The van der Waals surface area contributed by atoms with Crippen molar-refractivity contribution in [1.82, 2.24) is 5.32 Å². The maximum Gasteiger partial charge on any atom is 0.306 e. The summed E-state index contributed by atoms with van der Waals surface area (Å²) in [4.78, 5) is 22.1. The van der Waals surface area contributed by atoms with Crippen LogP contribution >= 0.6 is 0 Å². The molecule has 4 N–H and O–H groups in total. The fourth-order valence-corrected chi connectivity index (χ4v) is 1.42. The molecule has 3 atom stereocenters. The number of rotatable bonds is 8. The summed E-state index contributed by atoms with van der Waals surface area (Å²) in [6.07, 6.45) is 2.23. The first-order chi connectivity index (χ1) is 7.88. The molecule has 0 aliphatic rings. The van der Waals surface area contributed by atoms with Crippen LogP contribution in [0.3, 0.4) is 0 Å². The number of hydrogen-bond acceptors (Lipinski definition) is 3. The van der Waals surface area contributed by atoms with Crippen LogP contribution < -0.4 is 11.1 Å². The topological polar surface area (TPSA) is 92.4 Å². The van der Waals surface area contributed by atoms with Gasteiger partial charge in [0.25, 0.3) is 0 Å². The van der Waals surface area contributed by atoms with Gasteiger partial charge in [-0.15, -0.1) is 0 Å². The van der Waals surface area contributed by atoms with E-state index < -0.39 is 5.97 Å². The summed E-state index contributed by atoms with van der Waals surface area (Å²) in [6, 6.07) is 0.0671. The van der Waals surface area contributed by atoms with Crippen molar-refractivity contribution >= 4 is 11.9 Å². The molecular weight excluding hydrogens is 220 g/mol. The zero-order chi connectivity index (χ0) is 13.4. The Hall–Kier alpha value is -1.10. The standard InChI is InChI=1S/C12H24N2O3/c1-8(12(16)17)5-4-6-10(3)14-11(15)9(2)7-13/h8-10H,4-7,13H2,1-3H3,(H,14,15)(H,16,17). The van der Waals surface area contributed by atoms with Gasteiger partial charge < -0.3 is 16.2 Å². The summed E-state index contributed by atoms with van der Waals surface area (Å²) in [5.41, 5.74) is 5.40. The summed E-state index contributed by atoms with van der Waals surface area (Å²) in [5.74, 6) is -1.29. The molecule has 0 aliphatic carbocycles. The molecule has 100 valence electrons. The largest absolute Gasteiger partial charge is 0.481 e. The maximum atomic E-state index is 11.5.